The van der Waals surface area contributed by atoms with Crippen LogP contribution in [0.1, 0.15) is 28.9 Å². The lowest BCUT2D eigenvalue weighted by Gasteiger charge is -2.21. The monoisotopic (exact) mass is 389 g/mol. The molecule has 0 saturated heterocycles. The largest absolute Gasteiger partial charge is 0.475 e. The van der Waals surface area contributed by atoms with Crippen molar-refractivity contribution in [3.05, 3.63) is 47.3 Å². The number of carbonyl (C=O) groups excluding carboxylic acids is 1. The highest BCUT2D eigenvalue weighted by Gasteiger charge is 2.49. The zero-order valence-electron chi connectivity index (χ0n) is 14.6. The first-order chi connectivity index (χ1) is 13.3. The highest BCUT2D eigenvalue weighted by atomic mass is 19.4. The average molecular weight is 389 g/mol. The Morgan fingerprint density at radius 1 is 1.46 bits per heavy atom. The number of nitrogens with one attached hydrogen (secondary N) is 1. The molecule has 0 radical (unpaired) electrons. The van der Waals surface area contributed by atoms with Crippen molar-refractivity contribution < 1.29 is 22.4 Å². The van der Waals surface area contributed by atoms with Gasteiger partial charge in [0.25, 0.3) is 5.91 Å². The summed E-state index contributed by atoms with van der Waals surface area (Å²) < 4.78 is 46.2. The minimum Gasteiger partial charge on any atom is -0.475 e. The Bertz CT molecular complexity index is 1100. The topological polar surface area (TPSA) is 76.8 Å². The summed E-state index contributed by atoms with van der Waals surface area (Å²) in [5.74, 6) is -1.29. The van der Waals surface area contributed by atoms with Crippen molar-refractivity contribution in [1.29, 1.82) is 0 Å². The Kier molecular flexibility index (Phi) is 4.10. The van der Waals surface area contributed by atoms with Crippen LogP contribution in [-0.4, -0.2) is 32.7 Å². The minimum absolute atomic E-state index is 0.120. The fraction of sp³-hybridized carbons (Fsp3) is 0.333. The van der Waals surface area contributed by atoms with E-state index in [1.54, 1.807) is 13.0 Å². The molecular formula is C18H14F3N5O2. The van der Waals surface area contributed by atoms with Crippen molar-refractivity contribution in [3.63, 3.8) is 0 Å². The number of amides is 1. The van der Waals surface area contributed by atoms with Gasteiger partial charge in [-0.25, -0.2) is 14.3 Å². The van der Waals surface area contributed by atoms with Crippen LogP contribution in [0.15, 0.2) is 29.0 Å². The number of hydrogen-bond acceptors (Lipinski definition) is 4. The molecule has 1 fully saturated rings. The molecule has 1 atom stereocenters. The smallest absolute Gasteiger partial charge is 0.408 e. The number of carbonyl (C=O) groups is 1. The zero-order valence-corrected chi connectivity index (χ0v) is 14.6. The summed E-state index contributed by atoms with van der Waals surface area (Å²) >= 11 is 0. The molecule has 4 rings (SSSR count). The van der Waals surface area contributed by atoms with Gasteiger partial charge in [0, 0.05) is 0 Å². The molecule has 1 aliphatic carbocycles. The zero-order chi connectivity index (χ0) is 20.1. The van der Waals surface area contributed by atoms with Gasteiger partial charge in [-0.1, -0.05) is 0 Å². The molecule has 1 aliphatic rings. The SMILES string of the molecule is [C-]#[N+]c1ccoc1-c1cc(C)c2ncc(C(=O)NC(C3CC3)C(F)(F)F)n2n1. The number of fused-ring (bicyclic) bond motifs is 1. The van der Waals surface area contributed by atoms with E-state index in [1.807, 2.05) is 0 Å². The number of hydrogen-bond donors (Lipinski definition) is 1. The van der Waals surface area contributed by atoms with Gasteiger partial charge in [0.05, 0.1) is 19.0 Å². The van der Waals surface area contributed by atoms with Crippen LogP contribution in [0.4, 0.5) is 18.9 Å². The third-order valence-corrected chi connectivity index (χ3v) is 4.61. The standard InChI is InChI=1S/C18H14F3N5O2/c1-9-7-12(14-11(22-2)5-6-28-14)25-26-13(8-23-16(9)26)17(27)24-15(10-3-4-10)18(19,20)21/h5-8,10,15H,3-4H2,1H3,(H,24,27). The number of furan rings is 1. The number of aromatic nitrogens is 3. The van der Waals surface area contributed by atoms with Crippen LogP contribution in [0.2, 0.25) is 0 Å². The summed E-state index contributed by atoms with van der Waals surface area (Å²) in [5, 5.41) is 6.35. The van der Waals surface area contributed by atoms with E-state index in [1.165, 1.54) is 23.0 Å². The second-order valence-corrected chi connectivity index (χ2v) is 6.67. The molecule has 3 aromatic heterocycles. The van der Waals surface area contributed by atoms with Crippen molar-refractivity contribution in [2.24, 2.45) is 5.92 Å². The highest BCUT2D eigenvalue weighted by molar-refractivity contribution is 5.93. The van der Waals surface area contributed by atoms with Crippen molar-refractivity contribution in [3.8, 4) is 11.5 Å². The number of aryl methyl sites for hydroxylation is 1. The van der Waals surface area contributed by atoms with Gasteiger partial charge in [0.15, 0.2) is 17.1 Å². The number of imidazole rings is 1. The molecule has 1 unspecified atom stereocenters. The number of rotatable bonds is 4. The molecule has 0 aliphatic heterocycles. The van der Waals surface area contributed by atoms with Crippen molar-refractivity contribution in [1.82, 2.24) is 19.9 Å². The fourth-order valence-corrected chi connectivity index (χ4v) is 3.08. The Morgan fingerprint density at radius 2 is 2.21 bits per heavy atom. The van der Waals surface area contributed by atoms with E-state index >= 15 is 0 Å². The van der Waals surface area contributed by atoms with E-state index in [2.05, 4.69) is 20.2 Å². The molecular weight excluding hydrogens is 375 g/mol. The summed E-state index contributed by atoms with van der Waals surface area (Å²) in [6.45, 7) is 8.90. The van der Waals surface area contributed by atoms with Crippen LogP contribution in [-0.2, 0) is 0 Å². The highest BCUT2D eigenvalue weighted by Crippen LogP contribution is 2.40. The molecule has 3 heterocycles. The molecule has 28 heavy (non-hydrogen) atoms. The Morgan fingerprint density at radius 3 is 2.86 bits per heavy atom. The Labute approximate surface area is 157 Å². The molecule has 3 aromatic rings. The van der Waals surface area contributed by atoms with Gasteiger partial charge in [-0.2, -0.15) is 18.3 Å². The lowest BCUT2D eigenvalue weighted by molar-refractivity contribution is -0.158. The molecule has 0 aromatic carbocycles. The Hall–Kier alpha value is -3.35. The predicted octanol–water partition coefficient (Wildman–Crippen LogP) is 3.92. The third-order valence-electron chi connectivity index (χ3n) is 4.61. The van der Waals surface area contributed by atoms with Gasteiger partial charge in [0.2, 0.25) is 5.69 Å². The fourth-order valence-electron chi connectivity index (χ4n) is 3.08. The normalized spacial score (nSPS) is 15.4. The summed E-state index contributed by atoms with van der Waals surface area (Å²) in [4.78, 5) is 20.0. The number of alkyl halides is 3. The summed E-state index contributed by atoms with van der Waals surface area (Å²) in [6, 6.07) is 1.23. The molecule has 1 saturated carbocycles. The van der Waals surface area contributed by atoms with Gasteiger partial charge in [-0.05, 0) is 43.4 Å². The van der Waals surface area contributed by atoms with Gasteiger partial charge >= 0.3 is 6.18 Å². The van der Waals surface area contributed by atoms with Crippen LogP contribution in [0.25, 0.3) is 21.9 Å². The maximum Gasteiger partial charge on any atom is 0.408 e. The van der Waals surface area contributed by atoms with Crippen molar-refractivity contribution in [2.45, 2.75) is 32.0 Å². The van der Waals surface area contributed by atoms with Crippen LogP contribution < -0.4 is 5.32 Å². The predicted molar refractivity (Wildman–Crippen MR) is 91.7 cm³/mol. The molecule has 0 bridgehead atoms. The number of nitrogens with zero attached hydrogens (tertiary/aromatic N) is 4. The second kappa shape index (κ2) is 6.37. The van der Waals surface area contributed by atoms with Crippen molar-refractivity contribution >= 4 is 17.2 Å². The second-order valence-electron chi connectivity index (χ2n) is 6.67. The summed E-state index contributed by atoms with van der Waals surface area (Å²) in [5.41, 5.74) is 1.36. The van der Waals surface area contributed by atoms with E-state index in [4.69, 9.17) is 11.0 Å². The molecule has 1 amide bonds. The quantitative estimate of drug-likeness (QED) is 0.686. The lowest BCUT2D eigenvalue weighted by atomic mass is 10.1. The van der Waals surface area contributed by atoms with E-state index in [0.29, 0.717) is 24.1 Å². The summed E-state index contributed by atoms with van der Waals surface area (Å²) in [7, 11) is 0. The van der Waals surface area contributed by atoms with E-state index in [9.17, 15) is 18.0 Å². The third kappa shape index (κ3) is 3.09. The molecule has 10 heteroatoms. The van der Waals surface area contributed by atoms with Crippen LogP contribution in [0.3, 0.4) is 0 Å². The van der Waals surface area contributed by atoms with E-state index < -0.39 is 24.0 Å². The molecule has 1 N–H and O–H groups in total. The van der Waals surface area contributed by atoms with Gasteiger partial charge in [-0.3, -0.25) is 4.79 Å². The molecule has 7 nitrogen and oxygen atoms in total. The van der Waals surface area contributed by atoms with Crippen LogP contribution in [0, 0.1) is 19.4 Å². The van der Waals surface area contributed by atoms with E-state index in [-0.39, 0.29) is 22.8 Å². The Balaban J connectivity index is 1.74. The molecule has 0 spiro atoms. The number of halogens is 3. The van der Waals surface area contributed by atoms with Crippen LogP contribution >= 0.6 is 0 Å². The average Bonchev–Trinajstić information content (AvgIpc) is 3.18. The van der Waals surface area contributed by atoms with Gasteiger partial charge in [0.1, 0.15) is 11.7 Å². The van der Waals surface area contributed by atoms with Crippen molar-refractivity contribution in [2.75, 3.05) is 0 Å². The lowest BCUT2D eigenvalue weighted by Crippen LogP contribution is -2.47. The first kappa shape index (κ1) is 18.0. The maximum atomic E-state index is 13.2. The van der Waals surface area contributed by atoms with Crippen LogP contribution in [0.5, 0.6) is 0 Å². The van der Waals surface area contributed by atoms with Gasteiger partial charge in [-0.15, -0.1) is 0 Å². The first-order valence-corrected chi connectivity index (χ1v) is 8.48. The van der Waals surface area contributed by atoms with E-state index in [0.717, 1.165) is 0 Å². The minimum atomic E-state index is -4.52. The molecule has 144 valence electrons. The summed E-state index contributed by atoms with van der Waals surface area (Å²) in [6.07, 6.45) is -1.14. The maximum absolute atomic E-state index is 13.2. The first-order valence-electron chi connectivity index (χ1n) is 8.48. The van der Waals surface area contributed by atoms with Gasteiger partial charge < -0.3 is 9.73 Å².